The van der Waals surface area contributed by atoms with Gasteiger partial charge in [-0.3, -0.25) is 4.79 Å². The zero-order chi connectivity index (χ0) is 22.4. The van der Waals surface area contributed by atoms with Crippen LogP contribution in [-0.2, 0) is 4.79 Å². The first-order chi connectivity index (χ1) is 15.2. The van der Waals surface area contributed by atoms with E-state index in [4.69, 9.17) is 0 Å². The lowest BCUT2D eigenvalue weighted by molar-refractivity contribution is -0.189. The summed E-state index contributed by atoms with van der Waals surface area (Å²) in [5.74, 6) is 4.35. The number of halogens is 1. The number of carbonyl (C=O) groups excluding carboxylic acids is 1. The Morgan fingerprint density at radius 1 is 1.03 bits per heavy atom. The molecule has 0 aliphatic heterocycles. The molecule has 0 amide bonds. The third-order valence-electron chi connectivity index (χ3n) is 10.2. The lowest BCUT2D eigenvalue weighted by Gasteiger charge is -2.63. The molecule has 6 aliphatic rings. The normalized spacial score (nSPS) is 46.9. The van der Waals surface area contributed by atoms with Crippen LogP contribution in [0.5, 0.6) is 0 Å². The summed E-state index contributed by atoms with van der Waals surface area (Å²) in [6.45, 7) is 4.34. The molecule has 2 nitrogen and oxygen atoms in total. The molecule has 0 heterocycles. The minimum absolute atomic E-state index is 0.0394. The molecule has 6 atom stereocenters. The number of aliphatic hydroxyl groups is 1. The van der Waals surface area contributed by atoms with Crippen LogP contribution in [0.25, 0.3) is 0 Å². The highest BCUT2D eigenvalue weighted by atomic mass is 32.2. The largest absolute Gasteiger partial charge is 0.390 e. The summed E-state index contributed by atoms with van der Waals surface area (Å²) in [6, 6.07) is 0. The molecule has 6 rings (SSSR count). The van der Waals surface area contributed by atoms with Crippen molar-refractivity contribution in [3.8, 4) is 0 Å². The van der Waals surface area contributed by atoms with Crippen molar-refractivity contribution in [3.05, 3.63) is 23.8 Å². The van der Waals surface area contributed by atoms with Gasteiger partial charge in [0.25, 0.3) is 0 Å². The highest BCUT2D eigenvalue weighted by Crippen LogP contribution is 2.74. The van der Waals surface area contributed by atoms with E-state index in [9.17, 15) is 9.90 Å². The third-order valence-corrected chi connectivity index (χ3v) is 14.4. The Labute approximate surface area is 200 Å². The fraction of sp³-hybridized carbons (Fsp3) is 0.815. The van der Waals surface area contributed by atoms with Crippen molar-refractivity contribution in [3.63, 3.8) is 0 Å². The van der Waals surface area contributed by atoms with Gasteiger partial charge in [-0.15, -0.1) is 23.5 Å². The smallest absolute Gasteiger partial charge is 0.178 e. The Hall–Kier alpha value is -0.260. The zero-order valence-corrected chi connectivity index (χ0v) is 21.1. The molecule has 6 aliphatic carbocycles. The molecule has 0 aromatic heterocycles. The van der Waals surface area contributed by atoms with Crippen molar-refractivity contribution in [2.24, 2.45) is 34.5 Å². The summed E-state index contributed by atoms with van der Waals surface area (Å²) < 4.78 is 17.4. The van der Waals surface area contributed by atoms with E-state index in [1.807, 2.05) is 6.92 Å². The molecule has 1 N–H and O–H groups in total. The van der Waals surface area contributed by atoms with Crippen molar-refractivity contribution in [1.82, 2.24) is 0 Å². The van der Waals surface area contributed by atoms with Crippen LogP contribution in [0.1, 0.15) is 71.6 Å². The van der Waals surface area contributed by atoms with Gasteiger partial charge >= 0.3 is 0 Å². The van der Waals surface area contributed by atoms with Gasteiger partial charge in [-0.2, -0.15) is 0 Å². The molecule has 0 aromatic carbocycles. The molecule has 176 valence electrons. The first-order valence-electron chi connectivity index (χ1n) is 12.8. The number of fused-ring (bicyclic) bond motifs is 5. The van der Waals surface area contributed by atoms with Crippen molar-refractivity contribution < 1.29 is 14.3 Å². The Bertz CT molecular complexity index is 861. The predicted octanol–water partition coefficient (Wildman–Crippen LogP) is 6.34. The van der Waals surface area contributed by atoms with E-state index in [1.54, 1.807) is 12.2 Å². The number of thioether (sulfide) groups is 2. The second-order valence-corrected chi connectivity index (χ2v) is 15.0. The number of rotatable bonds is 6. The van der Waals surface area contributed by atoms with Gasteiger partial charge in [0.15, 0.2) is 11.5 Å². The lowest BCUT2D eigenvalue weighted by atomic mass is 9.46. The molecule has 0 bridgehead atoms. The second-order valence-electron chi connectivity index (χ2n) is 12.1. The van der Waals surface area contributed by atoms with E-state index in [1.165, 1.54) is 43.3 Å². The lowest BCUT2D eigenvalue weighted by Crippen LogP contribution is -2.67. The molecule has 0 saturated heterocycles. The molecule has 0 aromatic rings. The number of carbonyl (C=O) groups is 1. The molecule has 1 unspecified atom stereocenters. The highest BCUT2D eigenvalue weighted by Gasteiger charge is 2.73. The van der Waals surface area contributed by atoms with E-state index >= 15 is 4.39 Å². The molecule has 32 heavy (non-hydrogen) atoms. The highest BCUT2D eigenvalue weighted by molar-refractivity contribution is 8.18. The SMILES string of the molecule is C[C@]12C=CC(=O)C=C1CC[C@H]1[C@@H]3CCC(SCC4CC4)(SCC4CC4)[C@@]3(C)C[C@H](O)C12F. The molecular weight excluding hydrogens is 439 g/mol. The van der Waals surface area contributed by atoms with Gasteiger partial charge in [0.1, 0.15) is 0 Å². The number of hydrogen-bond donors (Lipinski definition) is 1. The van der Waals surface area contributed by atoms with Crippen molar-refractivity contribution in [2.75, 3.05) is 11.5 Å². The summed E-state index contributed by atoms with van der Waals surface area (Å²) >= 11 is 4.36. The van der Waals surface area contributed by atoms with Crippen LogP contribution in [0.3, 0.4) is 0 Å². The first kappa shape index (κ1) is 22.2. The summed E-state index contributed by atoms with van der Waals surface area (Å²) in [7, 11) is 0. The van der Waals surface area contributed by atoms with Crippen LogP contribution in [0.2, 0.25) is 0 Å². The molecule has 5 saturated carbocycles. The molecule has 0 spiro atoms. The average molecular weight is 477 g/mol. The van der Waals surface area contributed by atoms with Gasteiger partial charge in [0.05, 0.1) is 10.2 Å². The van der Waals surface area contributed by atoms with Crippen molar-refractivity contribution in [1.29, 1.82) is 0 Å². The molecule has 5 fully saturated rings. The van der Waals surface area contributed by atoms with Crippen LogP contribution in [0.15, 0.2) is 23.8 Å². The number of aliphatic hydroxyl groups excluding tert-OH is 1. The van der Waals surface area contributed by atoms with Crippen molar-refractivity contribution in [2.45, 2.75) is 87.5 Å². The van der Waals surface area contributed by atoms with E-state index in [0.717, 1.165) is 43.1 Å². The summed E-state index contributed by atoms with van der Waals surface area (Å²) in [5, 5.41) is 11.6. The monoisotopic (exact) mass is 476 g/mol. The van der Waals surface area contributed by atoms with Crippen LogP contribution < -0.4 is 0 Å². The van der Waals surface area contributed by atoms with E-state index in [-0.39, 0.29) is 21.2 Å². The quantitative estimate of drug-likeness (QED) is 0.454. The molecular formula is C27H37FO2S2. The van der Waals surface area contributed by atoms with Gasteiger partial charge in [-0.05, 0) is 112 Å². The van der Waals surface area contributed by atoms with Gasteiger partial charge in [0, 0.05) is 11.3 Å². The third kappa shape index (κ3) is 3.05. The van der Waals surface area contributed by atoms with Gasteiger partial charge in [-0.25, -0.2) is 4.39 Å². The minimum atomic E-state index is -1.68. The maximum atomic E-state index is 17.3. The first-order valence-corrected chi connectivity index (χ1v) is 14.8. The summed E-state index contributed by atoms with van der Waals surface area (Å²) in [5.41, 5.74) is -1.70. The molecule has 0 radical (unpaired) electrons. The minimum Gasteiger partial charge on any atom is -0.390 e. The Morgan fingerprint density at radius 2 is 1.69 bits per heavy atom. The zero-order valence-electron chi connectivity index (χ0n) is 19.4. The van der Waals surface area contributed by atoms with E-state index in [0.29, 0.717) is 12.3 Å². The average Bonchev–Trinajstić information content (AvgIpc) is 3.67. The van der Waals surface area contributed by atoms with Crippen LogP contribution in [-0.4, -0.2) is 38.2 Å². The van der Waals surface area contributed by atoms with Crippen molar-refractivity contribution >= 4 is 29.3 Å². The number of allylic oxidation sites excluding steroid dienone is 4. The summed E-state index contributed by atoms with van der Waals surface area (Å²) in [4.78, 5) is 12.0. The standard InChI is InChI=1S/C27H37FO2S2/c1-24-11-9-20(29)13-19(24)7-8-22-21-10-12-26(31-15-17-3-4-17,32-16-18-5-6-18)25(21,2)14-23(30)27(22,24)28/h9,11,13,17-18,21-23,30H,3-8,10,12,14-16H2,1-2H3/t21-,22-,23-,24-,25-,27?/m0/s1. The van der Waals surface area contributed by atoms with Gasteiger partial charge in [-0.1, -0.05) is 18.6 Å². The topological polar surface area (TPSA) is 37.3 Å². The number of ketones is 1. The van der Waals surface area contributed by atoms with Gasteiger partial charge < -0.3 is 5.11 Å². The Balaban J connectivity index is 1.35. The fourth-order valence-corrected chi connectivity index (χ4v) is 11.8. The van der Waals surface area contributed by atoms with Crippen LogP contribution >= 0.6 is 23.5 Å². The van der Waals surface area contributed by atoms with Crippen LogP contribution in [0.4, 0.5) is 4.39 Å². The summed E-state index contributed by atoms with van der Waals surface area (Å²) in [6.07, 6.45) is 13.8. The van der Waals surface area contributed by atoms with Gasteiger partial charge in [0.2, 0.25) is 0 Å². The fourth-order valence-electron chi connectivity index (χ4n) is 7.75. The number of alkyl halides is 1. The Morgan fingerprint density at radius 3 is 2.31 bits per heavy atom. The maximum absolute atomic E-state index is 17.3. The second kappa shape index (κ2) is 7.37. The van der Waals surface area contributed by atoms with E-state index in [2.05, 4.69) is 30.4 Å². The van der Waals surface area contributed by atoms with Crippen LogP contribution in [0, 0.1) is 34.5 Å². The predicted molar refractivity (Wildman–Crippen MR) is 131 cm³/mol. The Kier molecular flexibility index (Phi) is 5.12. The maximum Gasteiger partial charge on any atom is 0.178 e. The number of hydrogen-bond acceptors (Lipinski definition) is 4. The van der Waals surface area contributed by atoms with E-state index < -0.39 is 17.2 Å². The molecule has 5 heteroatoms.